The van der Waals surface area contributed by atoms with E-state index in [0.717, 1.165) is 17.5 Å². The summed E-state index contributed by atoms with van der Waals surface area (Å²) in [7, 11) is 0. The van der Waals surface area contributed by atoms with E-state index in [1.807, 2.05) is 24.3 Å². The number of amides is 2. The summed E-state index contributed by atoms with van der Waals surface area (Å²) in [6.07, 6.45) is 1.64. The quantitative estimate of drug-likeness (QED) is 0.537. The van der Waals surface area contributed by atoms with Gasteiger partial charge in [-0.1, -0.05) is 48.5 Å². The first-order chi connectivity index (χ1) is 17.0. The number of alkyl carbamates (subject to hydrolysis) is 1. The minimum Gasteiger partial charge on any atom is -0.480 e. The first-order valence-electron chi connectivity index (χ1n) is 12.2. The monoisotopic (exact) mass is 478 g/mol. The maximum absolute atomic E-state index is 12.8. The third kappa shape index (κ3) is 4.50. The number of ether oxygens (including phenoxy) is 1. The number of rotatable bonds is 8. The van der Waals surface area contributed by atoms with Crippen LogP contribution in [0, 0.1) is 17.8 Å². The summed E-state index contributed by atoms with van der Waals surface area (Å²) in [5.74, 6) is -1.07. The summed E-state index contributed by atoms with van der Waals surface area (Å²) in [6.45, 7) is -0.414. The minimum atomic E-state index is -1.09. The molecule has 2 aromatic carbocycles. The van der Waals surface area contributed by atoms with Gasteiger partial charge in [0.1, 0.15) is 13.2 Å². The van der Waals surface area contributed by atoms with Crippen LogP contribution in [0.4, 0.5) is 4.79 Å². The Kier molecular flexibility index (Phi) is 6.47. The number of benzene rings is 2. The summed E-state index contributed by atoms with van der Waals surface area (Å²) in [6, 6.07) is 16.3. The Hall–Kier alpha value is -3.39. The van der Waals surface area contributed by atoms with Gasteiger partial charge in [-0.3, -0.25) is 9.59 Å². The van der Waals surface area contributed by atoms with Crippen molar-refractivity contribution in [2.45, 2.75) is 31.2 Å². The highest BCUT2D eigenvalue weighted by Gasteiger charge is 2.50. The molecule has 35 heavy (non-hydrogen) atoms. The second-order valence-corrected chi connectivity index (χ2v) is 9.78. The van der Waals surface area contributed by atoms with Crippen LogP contribution >= 0.6 is 0 Å². The standard InChI is InChI=1S/C27H30N2O6/c30-10-9-29(14-25(31)32)26(33)17-11-16-13-24(22(16)12-17)28-27(34)35-15-23-20-7-3-1-5-18(20)19-6-2-4-8-21(19)23/h1-8,16-17,22-24,30H,9-15H2,(H,28,34)(H,31,32). The number of aliphatic hydroxyl groups is 1. The van der Waals surface area contributed by atoms with Gasteiger partial charge in [-0.25, -0.2) is 4.79 Å². The van der Waals surface area contributed by atoms with Crippen molar-refractivity contribution in [1.29, 1.82) is 0 Å². The zero-order chi connectivity index (χ0) is 24.5. The molecule has 4 atom stereocenters. The van der Waals surface area contributed by atoms with Crippen molar-refractivity contribution in [3.63, 3.8) is 0 Å². The number of carbonyl (C=O) groups excluding carboxylic acids is 2. The van der Waals surface area contributed by atoms with Crippen molar-refractivity contribution >= 4 is 18.0 Å². The molecule has 184 valence electrons. The summed E-state index contributed by atoms with van der Waals surface area (Å²) < 4.78 is 5.66. The lowest BCUT2D eigenvalue weighted by atomic mass is 9.71. The van der Waals surface area contributed by atoms with Crippen molar-refractivity contribution in [2.75, 3.05) is 26.3 Å². The van der Waals surface area contributed by atoms with Gasteiger partial charge in [0.15, 0.2) is 0 Å². The number of carbonyl (C=O) groups is 3. The van der Waals surface area contributed by atoms with Crippen LogP contribution in [-0.4, -0.2) is 65.4 Å². The maximum Gasteiger partial charge on any atom is 0.407 e. The third-order valence-electron chi connectivity index (χ3n) is 7.83. The van der Waals surface area contributed by atoms with E-state index in [1.165, 1.54) is 16.0 Å². The molecule has 2 aromatic rings. The van der Waals surface area contributed by atoms with Crippen molar-refractivity contribution in [3.8, 4) is 11.1 Å². The molecule has 3 aliphatic rings. The molecule has 0 saturated heterocycles. The zero-order valence-electron chi connectivity index (χ0n) is 19.4. The molecule has 0 bridgehead atoms. The fourth-order valence-electron chi connectivity index (χ4n) is 6.19. The summed E-state index contributed by atoms with van der Waals surface area (Å²) in [4.78, 5) is 37.7. The Balaban J connectivity index is 1.15. The normalized spacial score (nSPS) is 24.0. The lowest BCUT2D eigenvalue weighted by Gasteiger charge is -2.40. The van der Waals surface area contributed by atoms with Crippen LogP contribution in [0.25, 0.3) is 11.1 Å². The number of nitrogens with one attached hydrogen (secondary N) is 1. The number of fused-ring (bicyclic) bond motifs is 4. The van der Waals surface area contributed by atoms with Crippen molar-refractivity contribution in [1.82, 2.24) is 10.2 Å². The lowest BCUT2D eigenvalue weighted by molar-refractivity contribution is -0.146. The lowest BCUT2D eigenvalue weighted by Crippen LogP contribution is -2.50. The van der Waals surface area contributed by atoms with E-state index in [1.54, 1.807) is 0 Å². The smallest absolute Gasteiger partial charge is 0.407 e. The van der Waals surface area contributed by atoms with Crippen LogP contribution in [0.2, 0.25) is 0 Å². The molecule has 2 amide bonds. The minimum absolute atomic E-state index is 0.00233. The van der Waals surface area contributed by atoms with Gasteiger partial charge in [0, 0.05) is 24.4 Å². The van der Waals surface area contributed by atoms with Gasteiger partial charge in [-0.05, 0) is 53.4 Å². The average molecular weight is 479 g/mol. The molecule has 8 heteroatoms. The van der Waals surface area contributed by atoms with E-state index >= 15 is 0 Å². The van der Waals surface area contributed by atoms with Gasteiger partial charge in [-0.2, -0.15) is 0 Å². The van der Waals surface area contributed by atoms with Crippen molar-refractivity contribution in [3.05, 3.63) is 59.7 Å². The van der Waals surface area contributed by atoms with Gasteiger partial charge < -0.3 is 25.2 Å². The second kappa shape index (κ2) is 9.70. The predicted octanol–water partition coefficient (Wildman–Crippen LogP) is 2.85. The number of nitrogens with zero attached hydrogens (tertiary/aromatic N) is 1. The molecule has 2 fully saturated rings. The molecule has 3 aliphatic carbocycles. The maximum atomic E-state index is 12.8. The van der Waals surface area contributed by atoms with E-state index in [4.69, 9.17) is 9.84 Å². The molecule has 5 rings (SSSR count). The highest BCUT2D eigenvalue weighted by Crippen LogP contribution is 2.50. The summed E-state index contributed by atoms with van der Waals surface area (Å²) >= 11 is 0. The Bertz CT molecular complexity index is 1090. The SMILES string of the molecule is O=C(O)CN(CCO)C(=O)C1CC2CC(NC(=O)OCC3c4ccccc4-c4ccccc43)C2C1. The second-order valence-electron chi connectivity index (χ2n) is 9.78. The molecule has 0 aromatic heterocycles. The molecule has 3 N–H and O–H groups in total. The molecule has 0 heterocycles. The number of hydrogen-bond donors (Lipinski definition) is 3. The Morgan fingerprint density at radius 2 is 1.63 bits per heavy atom. The van der Waals surface area contributed by atoms with E-state index in [9.17, 15) is 19.5 Å². The first kappa shape index (κ1) is 23.4. The van der Waals surface area contributed by atoms with Gasteiger partial charge in [0.05, 0.1) is 6.61 Å². The van der Waals surface area contributed by atoms with Gasteiger partial charge in [0.2, 0.25) is 5.91 Å². The topological polar surface area (TPSA) is 116 Å². The molecule has 4 unspecified atom stereocenters. The largest absolute Gasteiger partial charge is 0.480 e. The third-order valence-corrected chi connectivity index (χ3v) is 7.83. The number of carboxylic acids is 1. The Morgan fingerprint density at radius 1 is 0.971 bits per heavy atom. The number of hydrogen-bond acceptors (Lipinski definition) is 5. The Labute approximate surface area is 203 Å². The number of carboxylic acid groups (broad SMARTS) is 1. The summed E-state index contributed by atoms with van der Waals surface area (Å²) in [5.41, 5.74) is 4.68. The average Bonchev–Trinajstić information content (AvgIpc) is 3.35. The molecule has 0 aliphatic heterocycles. The van der Waals surface area contributed by atoms with Crippen molar-refractivity contribution in [2.24, 2.45) is 17.8 Å². The highest BCUT2D eigenvalue weighted by atomic mass is 16.5. The Morgan fingerprint density at radius 3 is 2.26 bits per heavy atom. The molecule has 0 spiro atoms. The number of aliphatic carboxylic acids is 1. The van der Waals surface area contributed by atoms with Crippen LogP contribution in [0.5, 0.6) is 0 Å². The molecule has 0 radical (unpaired) electrons. The molecule has 8 nitrogen and oxygen atoms in total. The van der Waals surface area contributed by atoms with Gasteiger partial charge >= 0.3 is 12.1 Å². The highest BCUT2D eigenvalue weighted by molar-refractivity contribution is 5.83. The molecule has 2 saturated carbocycles. The van der Waals surface area contributed by atoms with E-state index < -0.39 is 18.6 Å². The fraction of sp³-hybridized carbons (Fsp3) is 0.444. The van der Waals surface area contributed by atoms with E-state index in [-0.39, 0.29) is 49.5 Å². The van der Waals surface area contributed by atoms with Gasteiger partial charge in [0.25, 0.3) is 0 Å². The first-order valence-corrected chi connectivity index (χ1v) is 12.2. The van der Waals surface area contributed by atoms with Gasteiger partial charge in [-0.15, -0.1) is 0 Å². The van der Waals surface area contributed by atoms with Crippen LogP contribution in [-0.2, 0) is 14.3 Å². The van der Waals surface area contributed by atoms with E-state index in [2.05, 4.69) is 29.6 Å². The van der Waals surface area contributed by atoms with Crippen LogP contribution in [0.3, 0.4) is 0 Å². The van der Waals surface area contributed by atoms with Crippen molar-refractivity contribution < 1.29 is 29.3 Å². The zero-order valence-corrected chi connectivity index (χ0v) is 19.4. The molecular weight excluding hydrogens is 448 g/mol. The fourth-order valence-corrected chi connectivity index (χ4v) is 6.19. The van der Waals surface area contributed by atoms with Crippen LogP contribution in [0.1, 0.15) is 36.3 Å². The van der Waals surface area contributed by atoms with Crippen LogP contribution in [0.15, 0.2) is 48.5 Å². The predicted molar refractivity (Wildman–Crippen MR) is 128 cm³/mol. The van der Waals surface area contributed by atoms with E-state index in [0.29, 0.717) is 18.8 Å². The number of aliphatic hydroxyl groups excluding tert-OH is 1. The molecular formula is C27H30N2O6. The summed E-state index contributed by atoms with van der Waals surface area (Å²) in [5, 5.41) is 21.2. The van der Waals surface area contributed by atoms with Crippen LogP contribution < -0.4 is 5.32 Å².